The first-order chi connectivity index (χ1) is 17.7. The molecule has 0 bridgehead atoms. The number of benzene rings is 1. The SMILES string of the molecule is COC(=O)c1ccc(COC(=O)c2c3c(nc4ccccc24)/C(=C\c2cccs2)C[C@@H](C(C)(C)C)C3)o1. The van der Waals surface area contributed by atoms with Gasteiger partial charge in [-0.25, -0.2) is 14.6 Å². The molecule has 0 spiro atoms. The van der Waals surface area contributed by atoms with Crippen molar-refractivity contribution in [1.82, 2.24) is 4.98 Å². The lowest BCUT2D eigenvalue weighted by molar-refractivity contribution is 0.0438. The van der Waals surface area contributed by atoms with Crippen molar-refractivity contribution in [3.63, 3.8) is 0 Å². The van der Waals surface area contributed by atoms with Gasteiger partial charge in [0.1, 0.15) is 12.4 Å². The van der Waals surface area contributed by atoms with E-state index >= 15 is 0 Å². The van der Waals surface area contributed by atoms with Crippen molar-refractivity contribution in [3.8, 4) is 0 Å². The van der Waals surface area contributed by atoms with Gasteiger partial charge in [0.15, 0.2) is 0 Å². The van der Waals surface area contributed by atoms with E-state index in [9.17, 15) is 9.59 Å². The second-order valence-electron chi connectivity index (χ2n) is 10.3. The third kappa shape index (κ3) is 5.09. The molecule has 1 aliphatic rings. The minimum absolute atomic E-state index is 0.0392. The predicted octanol–water partition coefficient (Wildman–Crippen LogP) is 7.18. The fourth-order valence-electron chi connectivity index (χ4n) is 4.79. The van der Waals surface area contributed by atoms with Crippen LogP contribution in [0.1, 0.15) is 70.0 Å². The smallest absolute Gasteiger partial charge is 0.373 e. The number of hydrogen-bond acceptors (Lipinski definition) is 7. The number of allylic oxidation sites excluding steroid dienone is 1. The van der Waals surface area contributed by atoms with E-state index in [1.54, 1.807) is 17.4 Å². The summed E-state index contributed by atoms with van der Waals surface area (Å²) >= 11 is 1.69. The van der Waals surface area contributed by atoms with Gasteiger partial charge >= 0.3 is 11.9 Å². The molecule has 3 aromatic heterocycles. The van der Waals surface area contributed by atoms with Gasteiger partial charge in [-0.15, -0.1) is 11.3 Å². The Labute approximate surface area is 219 Å². The number of thiophene rings is 1. The predicted molar refractivity (Wildman–Crippen MR) is 144 cm³/mol. The fourth-order valence-corrected chi connectivity index (χ4v) is 5.47. The summed E-state index contributed by atoms with van der Waals surface area (Å²) in [6.07, 6.45) is 3.82. The number of furan rings is 1. The molecule has 1 aliphatic carbocycles. The summed E-state index contributed by atoms with van der Waals surface area (Å²) in [5.41, 5.74) is 4.27. The number of carbonyl (C=O) groups excluding carboxylic acids is 2. The molecule has 5 rings (SSSR count). The number of ether oxygens (including phenoxy) is 2. The molecule has 0 saturated carbocycles. The maximum atomic E-state index is 13.7. The Morgan fingerprint density at radius 2 is 1.89 bits per heavy atom. The highest BCUT2D eigenvalue weighted by Gasteiger charge is 2.35. The van der Waals surface area contributed by atoms with Crippen LogP contribution in [0.4, 0.5) is 0 Å². The second-order valence-corrected chi connectivity index (χ2v) is 11.3. The van der Waals surface area contributed by atoms with Crippen LogP contribution >= 0.6 is 11.3 Å². The number of pyridine rings is 1. The van der Waals surface area contributed by atoms with Crippen molar-refractivity contribution in [3.05, 3.63) is 87.1 Å². The summed E-state index contributed by atoms with van der Waals surface area (Å²) in [4.78, 5) is 31.6. The zero-order valence-electron chi connectivity index (χ0n) is 21.4. The van der Waals surface area contributed by atoms with E-state index in [4.69, 9.17) is 14.1 Å². The Hall–Kier alpha value is -3.71. The van der Waals surface area contributed by atoms with Crippen molar-refractivity contribution < 1.29 is 23.5 Å². The van der Waals surface area contributed by atoms with Crippen LogP contribution in [0.25, 0.3) is 22.6 Å². The van der Waals surface area contributed by atoms with E-state index in [0.717, 1.165) is 45.5 Å². The molecule has 0 radical (unpaired) electrons. The summed E-state index contributed by atoms with van der Waals surface area (Å²) in [5, 5.41) is 2.83. The van der Waals surface area contributed by atoms with E-state index in [-0.39, 0.29) is 17.8 Å². The molecule has 0 saturated heterocycles. The van der Waals surface area contributed by atoms with Crippen LogP contribution < -0.4 is 0 Å². The first-order valence-corrected chi connectivity index (χ1v) is 13.1. The molecule has 1 aromatic carbocycles. The van der Waals surface area contributed by atoms with Gasteiger partial charge in [0.25, 0.3) is 0 Å². The minimum atomic E-state index is -0.579. The lowest BCUT2D eigenvalue weighted by atomic mass is 9.69. The fraction of sp³-hybridized carbons (Fsp3) is 0.300. The van der Waals surface area contributed by atoms with Gasteiger partial charge in [0.2, 0.25) is 5.76 Å². The number of fused-ring (bicyclic) bond motifs is 2. The minimum Gasteiger partial charge on any atom is -0.463 e. The van der Waals surface area contributed by atoms with Gasteiger partial charge in [-0.3, -0.25) is 0 Å². The van der Waals surface area contributed by atoms with Gasteiger partial charge in [-0.2, -0.15) is 0 Å². The molecule has 0 aliphatic heterocycles. The Morgan fingerprint density at radius 3 is 2.62 bits per heavy atom. The van der Waals surface area contributed by atoms with Crippen LogP contribution in [-0.2, 0) is 22.5 Å². The first-order valence-electron chi connectivity index (χ1n) is 12.2. The average Bonchev–Trinajstić information content (AvgIpc) is 3.57. The third-order valence-corrected chi connectivity index (χ3v) is 7.72. The van der Waals surface area contributed by atoms with Crippen LogP contribution in [-0.4, -0.2) is 24.0 Å². The molecule has 4 aromatic rings. The van der Waals surface area contributed by atoms with E-state index in [1.165, 1.54) is 13.2 Å². The number of rotatable bonds is 5. The van der Waals surface area contributed by atoms with E-state index in [1.807, 2.05) is 30.3 Å². The summed E-state index contributed by atoms with van der Waals surface area (Å²) < 4.78 is 15.9. The summed E-state index contributed by atoms with van der Waals surface area (Å²) in [7, 11) is 1.29. The Balaban J connectivity index is 1.58. The summed E-state index contributed by atoms with van der Waals surface area (Å²) in [6.45, 7) is 6.64. The van der Waals surface area contributed by atoms with Gasteiger partial charge < -0.3 is 13.9 Å². The van der Waals surface area contributed by atoms with Gasteiger partial charge in [0.05, 0.1) is 23.9 Å². The molecule has 6 nitrogen and oxygen atoms in total. The molecule has 37 heavy (non-hydrogen) atoms. The molecule has 190 valence electrons. The molecule has 1 atom stereocenters. The molecule has 0 fully saturated rings. The Morgan fingerprint density at radius 1 is 1.08 bits per heavy atom. The average molecular weight is 516 g/mol. The first kappa shape index (κ1) is 25.0. The van der Waals surface area contributed by atoms with Crippen LogP contribution in [0.2, 0.25) is 0 Å². The van der Waals surface area contributed by atoms with E-state index < -0.39 is 11.9 Å². The molecular weight excluding hydrogens is 486 g/mol. The molecular formula is C30H29NO5S. The number of aromatic nitrogens is 1. The maximum absolute atomic E-state index is 13.7. The van der Waals surface area contributed by atoms with E-state index in [2.05, 4.69) is 43.0 Å². The highest BCUT2D eigenvalue weighted by Crippen LogP contribution is 2.45. The molecule has 3 heterocycles. The monoisotopic (exact) mass is 515 g/mol. The van der Waals surface area contributed by atoms with Crippen molar-refractivity contribution >= 4 is 45.8 Å². The quantitative estimate of drug-likeness (QED) is 0.262. The lowest BCUT2D eigenvalue weighted by Gasteiger charge is -2.36. The number of nitrogens with zero attached hydrogens (tertiary/aromatic N) is 1. The Bertz CT molecular complexity index is 1490. The van der Waals surface area contributed by atoms with Crippen LogP contribution in [0.15, 0.2) is 58.3 Å². The molecule has 0 unspecified atom stereocenters. The second kappa shape index (κ2) is 9.98. The topological polar surface area (TPSA) is 78.6 Å². The van der Waals surface area contributed by atoms with Crippen molar-refractivity contribution in [2.24, 2.45) is 11.3 Å². The molecule has 0 N–H and O–H groups in total. The van der Waals surface area contributed by atoms with Crippen LogP contribution in [0.5, 0.6) is 0 Å². The highest BCUT2D eigenvalue weighted by molar-refractivity contribution is 7.10. The normalized spacial score (nSPS) is 16.5. The zero-order valence-corrected chi connectivity index (χ0v) is 22.2. The van der Waals surface area contributed by atoms with Gasteiger partial charge in [0, 0.05) is 10.3 Å². The van der Waals surface area contributed by atoms with E-state index in [0.29, 0.717) is 17.2 Å². The maximum Gasteiger partial charge on any atom is 0.373 e. The molecule has 7 heteroatoms. The Kier molecular flexibility index (Phi) is 6.73. The third-order valence-electron chi connectivity index (χ3n) is 6.90. The standard InChI is InChI=1S/C30H29NO5S/c1-30(2,3)19-14-18(15-21-8-7-13-37-21)27-23(16-19)26(22-9-5-6-10-24(22)31-27)29(33)35-17-20-11-12-25(36-20)28(32)34-4/h5-13,15,19H,14,16-17H2,1-4H3/b18-15-/t19-/m1/s1. The zero-order chi connectivity index (χ0) is 26.2. The van der Waals surface area contributed by atoms with Crippen LogP contribution in [0, 0.1) is 11.3 Å². The lowest BCUT2D eigenvalue weighted by Crippen LogP contribution is -2.28. The van der Waals surface area contributed by atoms with Gasteiger partial charge in [-0.05, 0) is 71.0 Å². The summed E-state index contributed by atoms with van der Waals surface area (Å²) in [6, 6.07) is 14.9. The van der Waals surface area contributed by atoms with Crippen molar-refractivity contribution in [2.45, 2.75) is 40.2 Å². The number of esters is 2. The number of carbonyl (C=O) groups is 2. The number of para-hydroxylation sites is 1. The van der Waals surface area contributed by atoms with Crippen molar-refractivity contribution in [1.29, 1.82) is 0 Å². The van der Waals surface area contributed by atoms with Crippen LogP contribution in [0.3, 0.4) is 0 Å². The summed E-state index contributed by atoms with van der Waals surface area (Å²) in [5.74, 6) is -0.252. The van der Waals surface area contributed by atoms with Gasteiger partial charge in [-0.1, -0.05) is 45.0 Å². The van der Waals surface area contributed by atoms with Crippen molar-refractivity contribution in [2.75, 3.05) is 7.11 Å². The molecule has 0 amide bonds. The number of hydrogen-bond donors (Lipinski definition) is 0. The highest BCUT2D eigenvalue weighted by atomic mass is 32.1. The number of methoxy groups -OCH3 is 1. The largest absolute Gasteiger partial charge is 0.463 e.